The number of thiophene rings is 1. The summed E-state index contributed by atoms with van der Waals surface area (Å²) in [6, 6.07) is 19.6. The molecule has 1 amide bonds. The van der Waals surface area contributed by atoms with Gasteiger partial charge in [-0.05, 0) is 35.9 Å². The molecule has 1 heterocycles. The topological polar surface area (TPSA) is 87.4 Å². The predicted molar refractivity (Wildman–Crippen MR) is 99.6 cm³/mol. The Kier molecular flexibility index (Phi) is 4.67. The first-order valence-electron chi connectivity index (χ1n) is 7.39. The molecular formula is C18H17N3O2S. The van der Waals surface area contributed by atoms with Crippen molar-refractivity contribution in [2.24, 2.45) is 0 Å². The number of rotatable bonds is 5. The third kappa shape index (κ3) is 3.85. The van der Waals surface area contributed by atoms with E-state index in [4.69, 9.17) is 10.8 Å². The van der Waals surface area contributed by atoms with E-state index in [9.17, 15) is 4.79 Å². The minimum atomic E-state index is -1.13. The van der Waals surface area contributed by atoms with E-state index in [-0.39, 0.29) is 0 Å². The first-order chi connectivity index (χ1) is 11.6. The monoisotopic (exact) mass is 339 g/mol. The second kappa shape index (κ2) is 7.06. The summed E-state index contributed by atoms with van der Waals surface area (Å²) in [5.74, 6) is 0. The summed E-state index contributed by atoms with van der Waals surface area (Å²) in [5, 5.41) is 14.3. The van der Waals surface area contributed by atoms with Gasteiger partial charge in [0.25, 0.3) is 0 Å². The third-order valence-electron chi connectivity index (χ3n) is 3.48. The van der Waals surface area contributed by atoms with Crippen LogP contribution in [0.4, 0.5) is 21.9 Å². The number of nitrogen functional groups attached to an aromatic ring is 1. The molecule has 0 saturated heterocycles. The Hall–Kier alpha value is -2.99. The normalized spacial score (nSPS) is 10.3. The Morgan fingerprint density at radius 1 is 1.08 bits per heavy atom. The minimum Gasteiger partial charge on any atom is -0.465 e. The van der Waals surface area contributed by atoms with Gasteiger partial charge in [0.1, 0.15) is 0 Å². The molecular weight excluding hydrogens is 322 g/mol. The molecule has 0 atom stereocenters. The molecule has 0 aliphatic carbocycles. The average Bonchev–Trinajstić information content (AvgIpc) is 3.05. The molecule has 1 aromatic heterocycles. The fourth-order valence-corrected chi connectivity index (χ4v) is 3.27. The molecule has 5 nitrogen and oxygen atoms in total. The van der Waals surface area contributed by atoms with E-state index in [1.54, 1.807) is 29.5 Å². The van der Waals surface area contributed by atoms with Gasteiger partial charge < -0.3 is 16.2 Å². The fourth-order valence-electron chi connectivity index (χ4n) is 2.32. The first kappa shape index (κ1) is 15.9. The molecule has 2 aromatic carbocycles. The van der Waals surface area contributed by atoms with Crippen molar-refractivity contribution >= 4 is 34.5 Å². The van der Waals surface area contributed by atoms with Crippen LogP contribution in [-0.2, 0) is 6.54 Å². The van der Waals surface area contributed by atoms with Crippen molar-refractivity contribution in [1.82, 2.24) is 0 Å². The number of carboxylic acid groups (broad SMARTS) is 1. The minimum absolute atomic E-state index is 0.385. The van der Waals surface area contributed by atoms with E-state index in [0.29, 0.717) is 17.9 Å². The number of amides is 1. The van der Waals surface area contributed by atoms with Gasteiger partial charge in [-0.15, -0.1) is 11.3 Å². The van der Waals surface area contributed by atoms with Gasteiger partial charge in [-0.2, -0.15) is 0 Å². The van der Waals surface area contributed by atoms with Crippen LogP contribution in [0.25, 0.3) is 10.4 Å². The van der Waals surface area contributed by atoms with E-state index in [0.717, 1.165) is 5.69 Å². The molecule has 0 aliphatic rings. The van der Waals surface area contributed by atoms with Crippen LogP contribution < -0.4 is 16.4 Å². The molecule has 6 heteroatoms. The average molecular weight is 339 g/mol. The van der Waals surface area contributed by atoms with Gasteiger partial charge >= 0.3 is 6.09 Å². The smallest absolute Gasteiger partial charge is 0.409 e. The SMILES string of the molecule is Nc1cc(NCc2ccc(-c3ccccc3)s2)ccc1NC(=O)O. The second-order valence-electron chi connectivity index (χ2n) is 5.22. The molecule has 0 bridgehead atoms. The summed E-state index contributed by atoms with van der Waals surface area (Å²) >= 11 is 1.74. The van der Waals surface area contributed by atoms with Gasteiger partial charge in [0.2, 0.25) is 0 Å². The number of nitrogens with one attached hydrogen (secondary N) is 2. The van der Waals surface area contributed by atoms with Gasteiger partial charge in [0.15, 0.2) is 0 Å². The van der Waals surface area contributed by atoms with Crippen LogP contribution in [0.1, 0.15) is 4.88 Å². The van der Waals surface area contributed by atoms with E-state index in [2.05, 4.69) is 34.9 Å². The molecule has 5 N–H and O–H groups in total. The number of carbonyl (C=O) groups is 1. The Morgan fingerprint density at radius 2 is 1.88 bits per heavy atom. The second-order valence-corrected chi connectivity index (χ2v) is 6.39. The molecule has 3 rings (SSSR count). The van der Waals surface area contributed by atoms with Crippen molar-refractivity contribution in [1.29, 1.82) is 0 Å². The lowest BCUT2D eigenvalue weighted by molar-refractivity contribution is 0.210. The van der Waals surface area contributed by atoms with E-state index in [1.165, 1.54) is 15.3 Å². The van der Waals surface area contributed by atoms with Crippen molar-refractivity contribution < 1.29 is 9.90 Å². The van der Waals surface area contributed by atoms with E-state index in [1.807, 2.05) is 18.2 Å². The van der Waals surface area contributed by atoms with Gasteiger partial charge in [0, 0.05) is 22.0 Å². The fraction of sp³-hybridized carbons (Fsp3) is 0.0556. The lowest BCUT2D eigenvalue weighted by Gasteiger charge is -2.09. The summed E-state index contributed by atoms with van der Waals surface area (Å²) in [5.41, 5.74) is 8.68. The van der Waals surface area contributed by atoms with Gasteiger partial charge in [0.05, 0.1) is 11.4 Å². The quantitative estimate of drug-likeness (QED) is 0.507. The van der Waals surface area contributed by atoms with Crippen molar-refractivity contribution in [2.45, 2.75) is 6.54 Å². The van der Waals surface area contributed by atoms with Gasteiger partial charge in [-0.25, -0.2) is 4.79 Å². The highest BCUT2D eigenvalue weighted by atomic mass is 32.1. The molecule has 122 valence electrons. The Bertz CT molecular complexity index is 846. The summed E-state index contributed by atoms with van der Waals surface area (Å²) in [6.45, 7) is 0.683. The van der Waals surface area contributed by atoms with Crippen LogP contribution in [0, 0.1) is 0 Å². The predicted octanol–water partition coefficient (Wildman–Crippen LogP) is 4.70. The summed E-state index contributed by atoms with van der Waals surface area (Å²) in [4.78, 5) is 13.1. The van der Waals surface area contributed by atoms with Gasteiger partial charge in [-0.1, -0.05) is 30.3 Å². The maximum absolute atomic E-state index is 10.7. The van der Waals surface area contributed by atoms with Crippen molar-refractivity contribution in [3.05, 3.63) is 65.5 Å². The van der Waals surface area contributed by atoms with Crippen molar-refractivity contribution in [3.8, 4) is 10.4 Å². The van der Waals surface area contributed by atoms with Crippen molar-refractivity contribution in [2.75, 3.05) is 16.4 Å². The third-order valence-corrected chi connectivity index (χ3v) is 4.61. The van der Waals surface area contributed by atoms with E-state index < -0.39 is 6.09 Å². The zero-order chi connectivity index (χ0) is 16.9. The summed E-state index contributed by atoms with van der Waals surface area (Å²) in [6.07, 6.45) is -1.13. The molecule has 0 radical (unpaired) electrons. The molecule has 0 aliphatic heterocycles. The highest BCUT2D eigenvalue weighted by Gasteiger charge is 2.05. The van der Waals surface area contributed by atoms with Crippen LogP contribution in [0.5, 0.6) is 0 Å². The van der Waals surface area contributed by atoms with Crippen LogP contribution in [0.15, 0.2) is 60.7 Å². The van der Waals surface area contributed by atoms with Gasteiger partial charge in [-0.3, -0.25) is 5.32 Å². The Labute approximate surface area is 143 Å². The van der Waals surface area contributed by atoms with Crippen molar-refractivity contribution in [3.63, 3.8) is 0 Å². The highest BCUT2D eigenvalue weighted by molar-refractivity contribution is 7.15. The summed E-state index contributed by atoms with van der Waals surface area (Å²) in [7, 11) is 0. The lowest BCUT2D eigenvalue weighted by Crippen LogP contribution is -2.09. The largest absolute Gasteiger partial charge is 0.465 e. The number of anilines is 3. The maximum atomic E-state index is 10.7. The Balaban J connectivity index is 1.65. The highest BCUT2D eigenvalue weighted by Crippen LogP contribution is 2.29. The number of hydrogen-bond donors (Lipinski definition) is 4. The van der Waals surface area contributed by atoms with Crippen LogP contribution in [0.2, 0.25) is 0 Å². The lowest BCUT2D eigenvalue weighted by atomic mass is 10.2. The number of hydrogen-bond acceptors (Lipinski definition) is 4. The Morgan fingerprint density at radius 3 is 2.58 bits per heavy atom. The maximum Gasteiger partial charge on any atom is 0.409 e. The van der Waals surface area contributed by atoms with Crippen LogP contribution >= 0.6 is 11.3 Å². The molecule has 24 heavy (non-hydrogen) atoms. The number of nitrogens with two attached hydrogens (primary N) is 1. The molecule has 0 unspecified atom stereocenters. The summed E-state index contributed by atoms with van der Waals surface area (Å²) < 4.78 is 0. The molecule has 3 aromatic rings. The molecule has 0 saturated carbocycles. The molecule has 0 fully saturated rings. The zero-order valence-corrected chi connectivity index (χ0v) is 13.6. The first-order valence-corrected chi connectivity index (χ1v) is 8.21. The zero-order valence-electron chi connectivity index (χ0n) is 12.8. The van der Waals surface area contributed by atoms with Crippen LogP contribution in [0.3, 0.4) is 0 Å². The van der Waals surface area contributed by atoms with E-state index >= 15 is 0 Å². The van der Waals surface area contributed by atoms with Crippen LogP contribution in [-0.4, -0.2) is 11.2 Å². The number of benzene rings is 2. The standard InChI is InChI=1S/C18H17N3O2S/c19-15-10-13(6-8-16(15)21-18(22)23)20-11-14-7-9-17(24-14)12-4-2-1-3-5-12/h1-10,20-21H,11,19H2,(H,22,23). The molecule has 0 spiro atoms.